The Morgan fingerprint density at radius 2 is 2.56 bits per heavy atom. The topological polar surface area (TPSA) is 67.0 Å². The van der Waals surface area contributed by atoms with Gasteiger partial charge in [-0.25, -0.2) is 4.98 Å². The van der Waals surface area contributed by atoms with E-state index < -0.39 is 0 Å². The van der Waals surface area contributed by atoms with Crippen LogP contribution >= 0.6 is 0 Å². The first kappa shape index (κ1) is 11.2. The molecule has 2 N–H and O–H groups in total. The molecule has 2 aromatic rings. The molecular weight excluding hydrogens is 230 g/mol. The summed E-state index contributed by atoms with van der Waals surface area (Å²) >= 11 is 0. The summed E-state index contributed by atoms with van der Waals surface area (Å²) in [5, 5.41) is 3.76. The predicted molar refractivity (Wildman–Crippen MR) is 67.4 cm³/mol. The number of aromatic nitrogens is 2. The molecule has 3 heterocycles. The molecule has 1 amide bonds. The van der Waals surface area contributed by atoms with Crippen molar-refractivity contribution in [3.05, 3.63) is 30.1 Å². The molecule has 0 saturated carbocycles. The zero-order valence-electron chi connectivity index (χ0n) is 9.98. The second-order valence-corrected chi connectivity index (χ2v) is 4.45. The zero-order valence-corrected chi connectivity index (χ0v) is 9.98. The van der Waals surface area contributed by atoms with Crippen molar-refractivity contribution in [3.8, 4) is 0 Å². The zero-order chi connectivity index (χ0) is 12.4. The van der Waals surface area contributed by atoms with E-state index in [0.717, 1.165) is 30.5 Å². The summed E-state index contributed by atoms with van der Waals surface area (Å²) in [5.41, 5.74) is 1.37. The lowest BCUT2D eigenvalue weighted by molar-refractivity contribution is 0.0859. The number of nitrogens with zero attached hydrogens (tertiary/aromatic N) is 1. The van der Waals surface area contributed by atoms with Gasteiger partial charge in [-0.2, -0.15) is 0 Å². The van der Waals surface area contributed by atoms with Gasteiger partial charge in [-0.1, -0.05) is 0 Å². The standard InChI is InChI=1S/C13H15N3O2/c17-13(16-7-9-3-2-6-18-9)11-8-15-12-10(11)4-1-5-14-12/h1,4-5,8-9H,2-3,6-7H2,(H,14,15)(H,16,17)/t9-/m1/s1. The Kier molecular flexibility index (Phi) is 2.98. The third kappa shape index (κ3) is 2.09. The van der Waals surface area contributed by atoms with Crippen molar-refractivity contribution in [3.63, 3.8) is 0 Å². The summed E-state index contributed by atoms with van der Waals surface area (Å²) in [6, 6.07) is 3.72. The Morgan fingerprint density at radius 3 is 3.39 bits per heavy atom. The fraction of sp³-hybridized carbons (Fsp3) is 0.385. The van der Waals surface area contributed by atoms with E-state index in [0.29, 0.717) is 12.1 Å². The van der Waals surface area contributed by atoms with E-state index in [-0.39, 0.29) is 12.0 Å². The molecule has 3 rings (SSSR count). The monoisotopic (exact) mass is 245 g/mol. The van der Waals surface area contributed by atoms with Gasteiger partial charge >= 0.3 is 0 Å². The lowest BCUT2D eigenvalue weighted by Crippen LogP contribution is -2.31. The molecule has 1 fully saturated rings. The Bertz CT molecular complexity index is 558. The number of hydrogen-bond acceptors (Lipinski definition) is 3. The maximum Gasteiger partial charge on any atom is 0.253 e. The van der Waals surface area contributed by atoms with E-state index in [1.165, 1.54) is 0 Å². The van der Waals surface area contributed by atoms with Gasteiger partial charge in [-0.05, 0) is 25.0 Å². The molecule has 0 bridgehead atoms. The minimum Gasteiger partial charge on any atom is -0.376 e. The molecule has 0 aromatic carbocycles. The number of pyridine rings is 1. The van der Waals surface area contributed by atoms with Crippen LogP contribution in [0.1, 0.15) is 23.2 Å². The number of fused-ring (bicyclic) bond motifs is 1. The third-order valence-electron chi connectivity index (χ3n) is 3.21. The maximum absolute atomic E-state index is 12.1. The second kappa shape index (κ2) is 4.78. The predicted octanol–water partition coefficient (Wildman–Crippen LogP) is 1.47. The first-order valence-electron chi connectivity index (χ1n) is 6.16. The Labute approximate surface area is 105 Å². The largest absolute Gasteiger partial charge is 0.376 e. The number of carbonyl (C=O) groups is 1. The van der Waals surface area contributed by atoms with Gasteiger partial charge in [0.05, 0.1) is 11.7 Å². The third-order valence-corrected chi connectivity index (χ3v) is 3.21. The molecule has 0 unspecified atom stereocenters. The van der Waals surface area contributed by atoms with E-state index in [2.05, 4.69) is 15.3 Å². The number of amides is 1. The quantitative estimate of drug-likeness (QED) is 0.860. The minimum atomic E-state index is -0.0789. The van der Waals surface area contributed by atoms with E-state index in [1.54, 1.807) is 12.4 Å². The average molecular weight is 245 g/mol. The molecule has 5 heteroatoms. The molecular formula is C13H15N3O2. The highest BCUT2D eigenvalue weighted by molar-refractivity contribution is 6.05. The van der Waals surface area contributed by atoms with Crippen LogP contribution in [0.3, 0.4) is 0 Å². The highest BCUT2D eigenvalue weighted by Crippen LogP contribution is 2.16. The number of rotatable bonds is 3. The van der Waals surface area contributed by atoms with Crippen LogP contribution in [-0.4, -0.2) is 35.1 Å². The molecule has 5 nitrogen and oxygen atoms in total. The van der Waals surface area contributed by atoms with Gasteiger partial charge in [0.15, 0.2) is 0 Å². The number of hydrogen-bond donors (Lipinski definition) is 2. The summed E-state index contributed by atoms with van der Waals surface area (Å²) in [6.45, 7) is 1.38. The molecule has 1 aliphatic rings. The fourth-order valence-electron chi connectivity index (χ4n) is 2.25. The van der Waals surface area contributed by atoms with Gasteiger partial charge in [0.2, 0.25) is 0 Å². The van der Waals surface area contributed by atoms with Crippen molar-refractivity contribution in [2.45, 2.75) is 18.9 Å². The number of aromatic amines is 1. The normalized spacial score (nSPS) is 19.2. The molecule has 94 valence electrons. The molecule has 1 saturated heterocycles. The lowest BCUT2D eigenvalue weighted by atomic mass is 10.2. The van der Waals surface area contributed by atoms with Crippen LogP contribution in [0.5, 0.6) is 0 Å². The van der Waals surface area contributed by atoms with Crippen molar-refractivity contribution < 1.29 is 9.53 Å². The molecule has 1 atom stereocenters. The summed E-state index contributed by atoms with van der Waals surface area (Å²) in [4.78, 5) is 19.2. The second-order valence-electron chi connectivity index (χ2n) is 4.45. The summed E-state index contributed by atoms with van der Waals surface area (Å²) in [7, 11) is 0. The van der Waals surface area contributed by atoms with E-state index >= 15 is 0 Å². The molecule has 0 aliphatic carbocycles. The highest BCUT2D eigenvalue weighted by Gasteiger charge is 2.18. The van der Waals surface area contributed by atoms with Gasteiger partial charge in [0.25, 0.3) is 5.91 Å². The van der Waals surface area contributed by atoms with Crippen molar-refractivity contribution >= 4 is 16.9 Å². The van der Waals surface area contributed by atoms with Crippen LogP contribution in [0, 0.1) is 0 Å². The summed E-state index contributed by atoms with van der Waals surface area (Å²) in [5.74, 6) is -0.0789. The van der Waals surface area contributed by atoms with Crippen molar-refractivity contribution in [2.24, 2.45) is 0 Å². The average Bonchev–Trinajstić information content (AvgIpc) is 3.05. The summed E-state index contributed by atoms with van der Waals surface area (Å²) in [6.07, 6.45) is 5.67. The highest BCUT2D eigenvalue weighted by atomic mass is 16.5. The van der Waals surface area contributed by atoms with Crippen LogP contribution < -0.4 is 5.32 Å². The Morgan fingerprint density at radius 1 is 1.61 bits per heavy atom. The number of H-pyrrole nitrogens is 1. The van der Waals surface area contributed by atoms with E-state index in [1.807, 2.05) is 12.1 Å². The van der Waals surface area contributed by atoms with Crippen LogP contribution in [0.4, 0.5) is 0 Å². The fourth-order valence-corrected chi connectivity index (χ4v) is 2.25. The van der Waals surface area contributed by atoms with Gasteiger partial charge in [-0.15, -0.1) is 0 Å². The van der Waals surface area contributed by atoms with Gasteiger partial charge in [0.1, 0.15) is 5.65 Å². The van der Waals surface area contributed by atoms with Crippen LogP contribution in [-0.2, 0) is 4.74 Å². The Balaban J connectivity index is 1.71. The Hall–Kier alpha value is -1.88. The molecule has 2 aromatic heterocycles. The van der Waals surface area contributed by atoms with Gasteiger partial charge in [-0.3, -0.25) is 4.79 Å². The van der Waals surface area contributed by atoms with E-state index in [4.69, 9.17) is 4.74 Å². The SMILES string of the molecule is O=C(NC[C@H]1CCCO1)c1c[nH]c2ncccc12. The van der Waals surface area contributed by atoms with Gasteiger partial charge < -0.3 is 15.0 Å². The molecule has 18 heavy (non-hydrogen) atoms. The number of ether oxygens (including phenoxy) is 1. The first-order chi connectivity index (χ1) is 8.84. The van der Waals surface area contributed by atoms with Crippen molar-refractivity contribution in [1.82, 2.24) is 15.3 Å². The smallest absolute Gasteiger partial charge is 0.253 e. The van der Waals surface area contributed by atoms with Crippen LogP contribution in [0.25, 0.3) is 11.0 Å². The number of nitrogens with one attached hydrogen (secondary N) is 2. The van der Waals surface area contributed by atoms with Gasteiger partial charge in [0, 0.05) is 30.9 Å². The molecule has 1 aliphatic heterocycles. The minimum absolute atomic E-state index is 0.0789. The first-order valence-corrected chi connectivity index (χ1v) is 6.16. The van der Waals surface area contributed by atoms with Crippen molar-refractivity contribution in [2.75, 3.05) is 13.2 Å². The van der Waals surface area contributed by atoms with Crippen LogP contribution in [0.15, 0.2) is 24.5 Å². The molecule has 0 spiro atoms. The van der Waals surface area contributed by atoms with Crippen molar-refractivity contribution in [1.29, 1.82) is 0 Å². The van der Waals surface area contributed by atoms with Crippen LogP contribution in [0.2, 0.25) is 0 Å². The summed E-state index contributed by atoms with van der Waals surface area (Å²) < 4.78 is 5.47. The maximum atomic E-state index is 12.1. The number of carbonyl (C=O) groups excluding carboxylic acids is 1. The van der Waals surface area contributed by atoms with E-state index in [9.17, 15) is 4.79 Å². The molecule has 0 radical (unpaired) electrons. The lowest BCUT2D eigenvalue weighted by Gasteiger charge is -2.10.